The first kappa shape index (κ1) is 6.58. The minimum absolute atomic E-state index is 0.573. The zero-order valence-electron chi connectivity index (χ0n) is 5.12. The van der Waals surface area contributed by atoms with Crippen molar-refractivity contribution in [1.29, 1.82) is 0 Å². The van der Waals surface area contributed by atoms with Crippen LogP contribution in [0.25, 0.3) is 0 Å². The number of aliphatic hydroxyl groups excluding tert-OH is 2. The monoisotopic (exact) mass is 129 g/mol. The fraction of sp³-hybridized carbons (Fsp3) is 0.667. The van der Waals surface area contributed by atoms with E-state index in [-0.39, 0.29) is 0 Å². The van der Waals surface area contributed by atoms with Gasteiger partial charge < -0.3 is 15.9 Å². The number of hydrogen-bond acceptors (Lipinski definition) is 3. The van der Waals surface area contributed by atoms with Gasteiger partial charge in [0.1, 0.15) is 0 Å². The highest BCUT2D eigenvalue weighted by Crippen LogP contribution is 2.14. The van der Waals surface area contributed by atoms with Gasteiger partial charge in [0.25, 0.3) is 0 Å². The van der Waals surface area contributed by atoms with E-state index in [0.717, 1.165) is 0 Å². The van der Waals surface area contributed by atoms with Gasteiger partial charge in [0.2, 0.25) is 0 Å². The van der Waals surface area contributed by atoms with E-state index in [4.69, 9.17) is 15.9 Å². The van der Waals surface area contributed by atoms with Gasteiger partial charge in [-0.05, 0) is 18.9 Å². The van der Waals surface area contributed by atoms with E-state index in [9.17, 15) is 0 Å². The molecule has 1 rings (SSSR count). The van der Waals surface area contributed by atoms with Gasteiger partial charge in [-0.15, -0.1) is 0 Å². The molecular weight excluding hydrogens is 118 g/mol. The van der Waals surface area contributed by atoms with Crippen LogP contribution in [0.15, 0.2) is 11.8 Å². The minimum Gasteiger partial charge on any atom is -0.402 e. The summed E-state index contributed by atoms with van der Waals surface area (Å²) in [5.74, 6) is 0. The van der Waals surface area contributed by atoms with E-state index in [1.165, 1.54) is 6.08 Å². The van der Waals surface area contributed by atoms with Crippen molar-refractivity contribution in [2.24, 2.45) is 5.73 Å². The van der Waals surface area contributed by atoms with Crippen molar-refractivity contribution < 1.29 is 10.2 Å². The number of rotatable bonds is 0. The molecule has 9 heavy (non-hydrogen) atoms. The van der Waals surface area contributed by atoms with E-state index in [0.29, 0.717) is 18.5 Å². The highest BCUT2D eigenvalue weighted by Gasteiger charge is 2.18. The maximum atomic E-state index is 8.95. The van der Waals surface area contributed by atoms with Crippen LogP contribution in [0.3, 0.4) is 0 Å². The molecule has 0 aromatic heterocycles. The number of hydrogen-bond donors (Lipinski definition) is 3. The second-order valence-corrected chi connectivity index (χ2v) is 2.34. The minimum atomic E-state index is -0.751. The van der Waals surface area contributed by atoms with Gasteiger partial charge in [0.15, 0.2) is 0 Å². The molecule has 0 aromatic carbocycles. The van der Waals surface area contributed by atoms with Crippen molar-refractivity contribution in [1.82, 2.24) is 0 Å². The molecule has 3 heteroatoms. The Kier molecular flexibility index (Phi) is 1.73. The molecule has 1 aliphatic carbocycles. The summed E-state index contributed by atoms with van der Waals surface area (Å²) in [6, 6.07) is 0. The third-order valence-electron chi connectivity index (χ3n) is 1.51. The fourth-order valence-electron chi connectivity index (χ4n) is 0.899. The average molecular weight is 129 g/mol. The highest BCUT2D eigenvalue weighted by atomic mass is 16.3. The van der Waals surface area contributed by atoms with E-state index < -0.39 is 12.2 Å². The van der Waals surface area contributed by atoms with Gasteiger partial charge in [-0.25, -0.2) is 0 Å². The van der Waals surface area contributed by atoms with Crippen LogP contribution in [0.5, 0.6) is 0 Å². The molecule has 1 aliphatic rings. The van der Waals surface area contributed by atoms with E-state index in [1.807, 2.05) is 0 Å². The maximum Gasteiger partial charge on any atom is 0.0999 e. The Hall–Kier alpha value is -0.540. The molecule has 0 spiro atoms. The molecule has 0 heterocycles. The van der Waals surface area contributed by atoms with Gasteiger partial charge in [-0.2, -0.15) is 0 Å². The van der Waals surface area contributed by atoms with Crippen LogP contribution in [0.2, 0.25) is 0 Å². The molecule has 3 nitrogen and oxygen atoms in total. The first-order chi connectivity index (χ1) is 4.20. The van der Waals surface area contributed by atoms with Crippen molar-refractivity contribution in [3.63, 3.8) is 0 Å². The molecule has 0 fully saturated rings. The van der Waals surface area contributed by atoms with E-state index in [1.54, 1.807) is 0 Å². The van der Waals surface area contributed by atoms with Crippen LogP contribution in [0, 0.1) is 0 Å². The van der Waals surface area contributed by atoms with Crippen molar-refractivity contribution in [3.8, 4) is 0 Å². The van der Waals surface area contributed by atoms with Crippen LogP contribution in [-0.4, -0.2) is 22.4 Å². The van der Waals surface area contributed by atoms with Gasteiger partial charge in [-0.1, -0.05) is 0 Å². The molecule has 0 aliphatic heterocycles. The smallest absolute Gasteiger partial charge is 0.0999 e. The van der Waals surface area contributed by atoms with Crippen molar-refractivity contribution >= 4 is 0 Å². The summed E-state index contributed by atoms with van der Waals surface area (Å²) in [6.45, 7) is 0. The van der Waals surface area contributed by atoms with Crippen LogP contribution in [-0.2, 0) is 0 Å². The molecule has 0 aromatic rings. The van der Waals surface area contributed by atoms with Crippen LogP contribution in [0.4, 0.5) is 0 Å². The molecule has 0 amide bonds. The van der Waals surface area contributed by atoms with E-state index >= 15 is 0 Å². The largest absolute Gasteiger partial charge is 0.402 e. The third-order valence-corrected chi connectivity index (χ3v) is 1.51. The van der Waals surface area contributed by atoms with Crippen LogP contribution < -0.4 is 5.73 Å². The molecule has 0 saturated carbocycles. The van der Waals surface area contributed by atoms with E-state index in [2.05, 4.69) is 0 Å². The third kappa shape index (κ3) is 1.43. The summed E-state index contributed by atoms with van der Waals surface area (Å²) in [5, 5.41) is 17.9. The summed E-state index contributed by atoms with van der Waals surface area (Å²) >= 11 is 0. The van der Waals surface area contributed by atoms with Gasteiger partial charge in [0.05, 0.1) is 12.2 Å². The fourth-order valence-corrected chi connectivity index (χ4v) is 0.899. The van der Waals surface area contributed by atoms with Crippen LogP contribution in [0.1, 0.15) is 12.8 Å². The standard InChI is InChI=1S/C6H11NO2/c7-4-1-2-5(8)6(9)3-4/h3,5-6,8-9H,1-2,7H2. The van der Waals surface area contributed by atoms with Gasteiger partial charge >= 0.3 is 0 Å². The first-order valence-corrected chi connectivity index (χ1v) is 3.02. The van der Waals surface area contributed by atoms with Crippen molar-refractivity contribution in [3.05, 3.63) is 11.8 Å². The van der Waals surface area contributed by atoms with Crippen molar-refractivity contribution in [2.45, 2.75) is 25.0 Å². The number of aliphatic hydroxyl groups is 2. The summed E-state index contributed by atoms with van der Waals surface area (Å²) in [5.41, 5.74) is 6.05. The van der Waals surface area contributed by atoms with Crippen LogP contribution >= 0.6 is 0 Å². The molecule has 2 unspecified atom stereocenters. The second-order valence-electron chi connectivity index (χ2n) is 2.34. The molecular formula is C6H11NO2. The lowest BCUT2D eigenvalue weighted by Gasteiger charge is -2.19. The maximum absolute atomic E-state index is 8.95. The predicted octanol–water partition coefficient (Wildman–Crippen LogP) is -0.655. The topological polar surface area (TPSA) is 66.5 Å². The normalized spacial score (nSPS) is 36.0. The number of allylic oxidation sites excluding steroid dienone is 1. The Balaban J connectivity index is 2.58. The Morgan fingerprint density at radius 3 is 2.67 bits per heavy atom. The predicted molar refractivity (Wildman–Crippen MR) is 33.5 cm³/mol. The second kappa shape index (κ2) is 2.37. The van der Waals surface area contributed by atoms with Gasteiger partial charge in [-0.3, -0.25) is 0 Å². The summed E-state index contributed by atoms with van der Waals surface area (Å²) in [7, 11) is 0. The number of nitrogens with two attached hydrogens (primary N) is 1. The quantitative estimate of drug-likeness (QED) is 0.407. The Morgan fingerprint density at radius 2 is 2.22 bits per heavy atom. The lowest BCUT2D eigenvalue weighted by atomic mass is 10.00. The van der Waals surface area contributed by atoms with Gasteiger partial charge in [0, 0.05) is 5.70 Å². The SMILES string of the molecule is NC1=CC(O)C(O)CC1. The lowest BCUT2D eigenvalue weighted by Crippen LogP contribution is -2.29. The molecule has 0 bridgehead atoms. The Labute approximate surface area is 53.8 Å². The molecule has 52 valence electrons. The summed E-state index contributed by atoms with van der Waals surface area (Å²) < 4.78 is 0. The highest BCUT2D eigenvalue weighted by molar-refractivity contribution is 5.06. The zero-order valence-corrected chi connectivity index (χ0v) is 5.12. The summed E-state index contributed by atoms with van der Waals surface area (Å²) in [4.78, 5) is 0. The molecule has 2 atom stereocenters. The lowest BCUT2D eigenvalue weighted by molar-refractivity contribution is 0.0371. The average Bonchev–Trinajstić information content (AvgIpc) is 1.80. The first-order valence-electron chi connectivity index (χ1n) is 3.02. The van der Waals surface area contributed by atoms with Crippen molar-refractivity contribution in [2.75, 3.05) is 0 Å². The molecule has 0 saturated heterocycles. The summed E-state index contributed by atoms with van der Waals surface area (Å²) in [6.07, 6.45) is 1.40. The Bertz CT molecular complexity index is 133. The Morgan fingerprint density at radius 1 is 1.56 bits per heavy atom. The zero-order chi connectivity index (χ0) is 6.85. The molecule has 0 radical (unpaired) electrons. The molecule has 4 N–H and O–H groups in total.